The van der Waals surface area contributed by atoms with Crippen LogP contribution in [0.4, 0.5) is 0 Å². The molecule has 0 bridgehead atoms. The van der Waals surface area contributed by atoms with Crippen molar-refractivity contribution in [2.24, 2.45) is 0 Å². The lowest BCUT2D eigenvalue weighted by molar-refractivity contribution is -0.132. The maximum Gasteiger partial charge on any atom is 0.312 e. The van der Waals surface area contributed by atoms with Crippen molar-refractivity contribution >= 4 is 12.3 Å². The topological polar surface area (TPSA) is 40.6 Å². The molecule has 0 aromatic carbocycles. The average molecular weight is 169 g/mol. The highest BCUT2D eigenvalue weighted by Crippen LogP contribution is 2.16. The highest BCUT2D eigenvalue weighted by molar-refractivity contribution is 5.83. The van der Waals surface area contributed by atoms with Gasteiger partial charge in [-0.1, -0.05) is 0 Å². The van der Waals surface area contributed by atoms with Crippen LogP contribution >= 0.6 is 0 Å². The Morgan fingerprint density at radius 3 is 2.75 bits per heavy atom. The Balaban J connectivity index is 2.61. The number of hydrogen-bond donors (Lipinski definition) is 0. The number of nitrogens with zero attached hydrogens (tertiary/aromatic N) is 2. The zero-order valence-electron chi connectivity index (χ0n) is 7.41. The van der Waals surface area contributed by atoms with E-state index in [2.05, 4.69) is 0 Å². The molecule has 1 fully saturated rings. The van der Waals surface area contributed by atoms with Gasteiger partial charge in [0.1, 0.15) is 6.04 Å². The number of likely N-dealkylation sites (N-methyl/N-ethyl adjacent to an activating group) is 1. The molecule has 1 aliphatic heterocycles. The Kier molecular flexibility index (Phi) is 2.68. The van der Waals surface area contributed by atoms with Crippen molar-refractivity contribution in [1.29, 1.82) is 0 Å². The number of carbonyl (C=O) groups is 1. The van der Waals surface area contributed by atoms with Crippen LogP contribution in [0.25, 0.3) is 0 Å². The molecule has 1 rings (SSSR count). The van der Waals surface area contributed by atoms with E-state index in [1.54, 1.807) is 20.5 Å². The second-order valence-corrected chi connectivity index (χ2v) is 3.18. The molecule has 4 nitrogen and oxygen atoms in total. The van der Waals surface area contributed by atoms with E-state index in [1.165, 1.54) is 9.80 Å². The highest BCUT2D eigenvalue weighted by Gasteiger charge is 2.30. The molecule has 1 saturated heterocycles. The quantitative estimate of drug-likeness (QED) is 0.564. The lowest BCUT2D eigenvalue weighted by Crippen LogP contribution is -2.41. The molecule has 1 atom stereocenters. The Labute approximate surface area is 72.1 Å². The Bertz CT molecular complexity index is 191. The minimum absolute atomic E-state index is 0.00384. The van der Waals surface area contributed by atoms with E-state index in [-0.39, 0.29) is 11.9 Å². The standard InChI is InChI=1S/C8H13N2O2/c1-9(2)8(12)7-4-3-5-10(7)6-11/h7H,3-5H2,1-2H3. The number of carbonyl (C=O) groups excluding carboxylic acids is 2. The summed E-state index contributed by atoms with van der Waals surface area (Å²) in [6.45, 7) is 0.660. The van der Waals surface area contributed by atoms with E-state index >= 15 is 0 Å². The second-order valence-electron chi connectivity index (χ2n) is 3.18. The summed E-state index contributed by atoms with van der Waals surface area (Å²) in [6.07, 6.45) is 3.46. The van der Waals surface area contributed by atoms with Crippen LogP contribution in [0.3, 0.4) is 0 Å². The molecule has 1 unspecified atom stereocenters. The van der Waals surface area contributed by atoms with Gasteiger partial charge in [-0.15, -0.1) is 0 Å². The first-order valence-corrected chi connectivity index (χ1v) is 4.02. The lowest BCUT2D eigenvalue weighted by Gasteiger charge is -2.21. The SMILES string of the molecule is CN(C)C(=O)C1CCCN1[C]=O. The van der Waals surface area contributed by atoms with Crippen molar-refractivity contribution in [2.45, 2.75) is 18.9 Å². The summed E-state index contributed by atoms with van der Waals surface area (Å²) >= 11 is 0. The third-order valence-corrected chi connectivity index (χ3v) is 2.10. The lowest BCUT2D eigenvalue weighted by atomic mass is 10.2. The second kappa shape index (κ2) is 3.56. The summed E-state index contributed by atoms with van der Waals surface area (Å²) in [6, 6.07) is -0.266. The first-order chi connectivity index (χ1) is 5.66. The summed E-state index contributed by atoms with van der Waals surface area (Å²) in [7, 11) is 3.40. The van der Waals surface area contributed by atoms with Gasteiger partial charge in [-0.2, -0.15) is 0 Å². The maximum atomic E-state index is 11.4. The normalized spacial score (nSPS) is 22.5. The van der Waals surface area contributed by atoms with Gasteiger partial charge >= 0.3 is 6.41 Å². The molecule has 1 heterocycles. The van der Waals surface area contributed by atoms with Crippen LogP contribution in [0.1, 0.15) is 12.8 Å². The minimum Gasteiger partial charge on any atom is -0.347 e. The Morgan fingerprint density at radius 1 is 1.58 bits per heavy atom. The Morgan fingerprint density at radius 2 is 2.25 bits per heavy atom. The van der Waals surface area contributed by atoms with Crippen molar-refractivity contribution in [3.8, 4) is 0 Å². The van der Waals surface area contributed by atoms with Crippen molar-refractivity contribution < 1.29 is 9.59 Å². The zero-order valence-corrected chi connectivity index (χ0v) is 7.41. The first-order valence-electron chi connectivity index (χ1n) is 4.02. The van der Waals surface area contributed by atoms with Gasteiger partial charge in [0.05, 0.1) is 0 Å². The van der Waals surface area contributed by atoms with E-state index in [1.807, 2.05) is 0 Å². The summed E-state index contributed by atoms with van der Waals surface area (Å²) in [4.78, 5) is 24.8. The van der Waals surface area contributed by atoms with Gasteiger partial charge < -0.3 is 9.80 Å². The fourth-order valence-corrected chi connectivity index (χ4v) is 1.43. The monoisotopic (exact) mass is 169 g/mol. The third kappa shape index (κ3) is 1.57. The summed E-state index contributed by atoms with van der Waals surface area (Å²) in [5.41, 5.74) is 0. The van der Waals surface area contributed by atoms with Crippen LogP contribution in [-0.4, -0.2) is 48.8 Å². The van der Waals surface area contributed by atoms with Crippen LogP contribution in [0.5, 0.6) is 0 Å². The molecule has 67 valence electrons. The van der Waals surface area contributed by atoms with Crippen LogP contribution in [0.15, 0.2) is 0 Å². The maximum absolute atomic E-state index is 11.4. The van der Waals surface area contributed by atoms with Gasteiger partial charge in [0.15, 0.2) is 0 Å². The average Bonchev–Trinajstić information content (AvgIpc) is 2.49. The molecule has 1 aliphatic rings. The summed E-state index contributed by atoms with van der Waals surface area (Å²) in [5.74, 6) is -0.00384. The number of hydrogen-bond acceptors (Lipinski definition) is 2. The van der Waals surface area contributed by atoms with Gasteiger partial charge in [0.25, 0.3) is 0 Å². The summed E-state index contributed by atoms with van der Waals surface area (Å²) < 4.78 is 0. The van der Waals surface area contributed by atoms with Gasteiger partial charge in [0, 0.05) is 20.6 Å². The highest BCUT2D eigenvalue weighted by atomic mass is 16.2. The number of amides is 2. The van der Waals surface area contributed by atoms with Crippen molar-refractivity contribution in [3.05, 3.63) is 0 Å². The van der Waals surface area contributed by atoms with Crippen molar-refractivity contribution in [3.63, 3.8) is 0 Å². The molecule has 0 N–H and O–H groups in total. The number of rotatable bonds is 2. The van der Waals surface area contributed by atoms with Crippen LogP contribution in [0.2, 0.25) is 0 Å². The zero-order chi connectivity index (χ0) is 9.14. The molecule has 0 aliphatic carbocycles. The third-order valence-electron chi connectivity index (χ3n) is 2.10. The molecule has 0 spiro atoms. The molecule has 2 amide bonds. The molecule has 4 heteroatoms. The fourth-order valence-electron chi connectivity index (χ4n) is 1.43. The molecule has 1 radical (unpaired) electrons. The van der Waals surface area contributed by atoms with Crippen LogP contribution in [-0.2, 0) is 9.59 Å². The molecule has 0 saturated carbocycles. The smallest absolute Gasteiger partial charge is 0.312 e. The molecular weight excluding hydrogens is 156 g/mol. The van der Waals surface area contributed by atoms with Gasteiger partial charge in [-0.3, -0.25) is 9.59 Å². The van der Waals surface area contributed by atoms with Gasteiger partial charge in [0.2, 0.25) is 5.91 Å². The van der Waals surface area contributed by atoms with Gasteiger partial charge in [-0.05, 0) is 12.8 Å². The summed E-state index contributed by atoms with van der Waals surface area (Å²) in [5, 5.41) is 0. The fraction of sp³-hybridized carbons (Fsp3) is 0.750. The first kappa shape index (κ1) is 9.03. The van der Waals surface area contributed by atoms with E-state index in [0.717, 1.165) is 12.8 Å². The Hall–Kier alpha value is -1.06. The predicted molar refractivity (Wildman–Crippen MR) is 44.1 cm³/mol. The van der Waals surface area contributed by atoms with Crippen molar-refractivity contribution in [1.82, 2.24) is 9.80 Å². The predicted octanol–water partition coefficient (Wildman–Crippen LogP) is -0.394. The van der Waals surface area contributed by atoms with Crippen LogP contribution in [0, 0.1) is 0 Å². The van der Waals surface area contributed by atoms with E-state index < -0.39 is 0 Å². The molecule has 0 aromatic rings. The minimum atomic E-state index is -0.266. The van der Waals surface area contributed by atoms with Crippen LogP contribution < -0.4 is 0 Å². The van der Waals surface area contributed by atoms with E-state index in [4.69, 9.17) is 0 Å². The van der Waals surface area contributed by atoms with Crippen molar-refractivity contribution in [2.75, 3.05) is 20.6 Å². The van der Waals surface area contributed by atoms with E-state index in [0.29, 0.717) is 6.54 Å². The van der Waals surface area contributed by atoms with Gasteiger partial charge in [-0.25, -0.2) is 0 Å². The molecule has 12 heavy (non-hydrogen) atoms. The molecule has 0 aromatic heterocycles. The van der Waals surface area contributed by atoms with E-state index in [9.17, 15) is 9.59 Å². The molecular formula is C8H13N2O2. The number of likely N-dealkylation sites (tertiary alicyclic amines) is 1. The largest absolute Gasteiger partial charge is 0.347 e.